The number of anilines is 1. The molecule has 3 rings (SSSR count). The van der Waals surface area contributed by atoms with Crippen molar-refractivity contribution in [2.45, 2.75) is 38.6 Å². The summed E-state index contributed by atoms with van der Waals surface area (Å²) in [5.74, 6) is 0.702. The normalized spacial score (nSPS) is 20.6. The Hall–Kier alpha value is -1.10. The zero-order chi connectivity index (χ0) is 13.4. The van der Waals surface area contributed by atoms with E-state index in [4.69, 9.17) is 0 Å². The number of rotatable bonds is 3. The van der Waals surface area contributed by atoms with Crippen LogP contribution < -0.4 is 4.90 Å². The summed E-state index contributed by atoms with van der Waals surface area (Å²) in [5, 5.41) is 1.13. The lowest BCUT2D eigenvalue weighted by molar-refractivity contribution is -0.133. The number of aryl methyl sites for hydroxylation is 1. The van der Waals surface area contributed by atoms with Crippen LogP contribution in [-0.4, -0.2) is 42.0 Å². The minimum Gasteiger partial charge on any atom is -0.348 e. The Morgan fingerprint density at radius 1 is 1.37 bits per heavy atom. The van der Waals surface area contributed by atoms with E-state index in [2.05, 4.69) is 16.8 Å². The third-order valence-corrected chi connectivity index (χ3v) is 5.14. The first kappa shape index (κ1) is 12.9. The summed E-state index contributed by atoms with van der Waals surface area (Å²) in [6.07, 6.45) is 6.26. The smallest absolute Gasteiger partial charge is 0.225 e. The van der Waals surface area contributed by atoms with Gasteiger partial charge < -0.3 is 9.80 Å². The molecule has 5 heteroatoms. The third kappa shape index (κ3) is 2.76. The van der Waals surface area contributed by atoms with Gasteiger partial charge in [0.1, 0.15) is 0 Å². The average Bonchev–Trinajstić information content (AvgIpc) is 3.19. The zero-order valence-electron chi connectivity index (χ0n) is 11.6. The molecule has 1 aromatic heterocycles. The standard InChI is InChI=1S/C14H21N3OS/c1-10-9-15-14(19-10)17-7-5-12(6-8-17)16(2)13(18)11-3-4-11/h9,11-12H,3-8H2,1-2H3. The van der Waals surface area contributed by atoms with Crippen LogP contribution in [0.1, 0.15) is 30.6 Å². The molecule has 0 spiro atoms. The minimum atomic E-state index is 0.338. The molecule has 2 fully saturated rings. The van der Waals surface area contributed by atoms with E-state index in [1.807, 2.05) is 18.1 Å². The molecule has 0 aromatic carbocycles. The first-order valence-electron chi connectivity index (χ1n) is 7.09. The van der Waals surface area contributed by atoms with Gasteiger partial charge in [-0.1, -0.05) is 0 Å². The second-order valence-electron chi connectivity index (χ2n) is 5.70. The molecule has 104 valence electrons. The first-order valence-corrected chi connectivity index (χ1v) is 7.91. The highest BCUT2D eigenvalue weighted by molar-refractivity contribution is 7.15. The molecule has 2 heterocycles. The summed E-state index contributed by atoms with van der Waals surface area (Å²) >= 11 is 1.76. The molecule has 1 aliphatic carbocycles. The molecule has 0 atom stereocenters. The average molecular weight is 279 g/mol. The summed E-state index contributed by atoms with van der Waals surface area (Å²) in [5.41, 5.74) is 0. The van der Waals surface area contributed by atoms with Gasteiger partial charge in [0, 0.05) is 43.2 Å². The Balaban J connectivity index is 1.55. The SMILES string of the molecule is Cc1cnc(N2CCC(N(C)C(=O)C3CC3)CC2)s1. The van der Waals surface area contributed by atoms with E-state index in [-0.39, 0.29) is 0 Å². The molecular formula is C14H21N3OS. The van der Waals surface area contributed by atoms with E-state index >= 15 is 0 Å². The Morgan fingerprint density at radius 3 is 2.58 bits per heavy atom. The molecule has 0 radical (unpaired) electrons. The van der Waals surface area contributed by atoms with Crippen LogP contribution in [0.4, 0.5) is 5.13 Å². The zero-order valence-corrected chi connectivity index (χ0v) is 12.4. The fraction of sp³-hybridized carbons (Fsp3) is 0.714. The van der Waals surface area contributed by atoms with Gasteiger partial charge in [0.25, 0.3) is 0 Å². The maximum Gasteiger partial charge on any atom is 0.225 e. The molecule has 4 nitrogen and oxygen atoms in total. The van der Waals surface area contributed by atoms with E-state index in [0.29, 0.717) is 17.9 Å². The summed E-state index contributed by atoms with van der Waals surface area (Å²) in [7, 11) is 1.98. The van der Waals surface area contributed by atoms with Gasteiger partial charge in [-0.15, -0.1) is 11.3 Å². The molecule has 1 aromatic rings. The number of hydrogen-bond acceptors (Lipinski definition) is 4. The third-order valence-electron chi connectivity index (χ3n) is 4.17. The molecule has 2 aliphatic rings. The molecule has 1 amide bonds. The van der Waals surface area contributed by atoms with Gasteiger partial charge in [0.15, 0.2) is 5.13 Å². The van der Waals surface area contributed by atoms with Gasteiger partial charge in [-0.05, 0) is 32.6 Å². The number of amides is 1. The summed E-state index contributed by atoms with van der Waals surface area (Å²) in [4.78, 5) is 22.1. The van der Waals surface area contributed by atoms with Crippen molar-refractivity contribution in [3.05, 3.63) is 11.1 Å². The van der Waals surface area contributed by atoms with Gasteiger partial charge in [-0.3, -0.25) is 4.79 Å². The van der Waals surface area contributed by atoms with Crippen molar-refractivity contribution >= 4 is 22.4 Å². The fourth-order valence-corrected chi connectivity index (χ4v) is 3.54. The summed E-state index contributed by atoms with van der Waals surface area (Å²) in [6.45, 7) is 4.12. The lowest BCUT2D eigenvalue weighted by Gasteiger charge is -2.36. The number of nitrogens with zero attached hydrogens (tertiary/aromatic N) is 3. The van der Waals surface area contributed by atoms with Crippen molar-refractivity contribution in [2.24, 2.45) is 5.92 Å². The minimum absolute atomic E-state index is 0.338. The quantitative estimate of drug-likeness (QED) is 0.852. The summed E-state index contributed by atoms with van der Waals surface area (Å²) < 4.78 is 0. The van der Waals surface area contributed by atoms with Gasteiger partial charge in [0.05, 0.1) is 0 Å². The van der Waals surface area contributed by atoms with Crippen molar-refractivity contribution < 1.29 is 4.79 Å². The maximum absolute atomic E-state index is 12.1. The Morgan fingerprint density at radius 2 is 2.05 bits per heavy atom. The number of thiazole rings is 1. The van der Waals surface area contributed by atoms with Crippen LogP contribution in [0.2, 0.25) is 0 Å². The van der Waals surface area contributed by atoms with E-state index in [0.717, 1.165) is 43.9 Å². The van der Waals surface area contributed by atoms with Gasteiger partial charge >= 0.3 is 0 Å². The molecule has 0 bridgehead atoms. The van der Waals surface area contributed by atoms with Gasteiger partial charge in [-0.2, -0.15) is 0 Å². The lowest BCUT2D eigenvalue weighted by atomic mass is 10.0. The molecule has 1 saturated carbocycles. The Kier molecular flexibility index (Phi) is 3.48. The second-order valence-corrected chi connectivity index (χ2v) is 6.91. The highest BCUT2D eigenvalue weighted by Crippen LogP contribution is 2.33. The highest BCUT2D eigenvalue weighted by atomic mass is 32.1. The van der Waals surface area contributed by atoms with Crippen molar-refractivity contribution in [3.63, 3.8) is 0 Å². The lowest BCUT2D eigenvalue weighted by Crippen LogP contribution is -2.46. The topological polar surface area (TPSA) is 36.4 Å². The van der Waals surface area contributed by atoms with Crippen LogP contribution in [0.5, 0.6) is 0 Å². The van der Waals surface area contributed by atoms with Crippen molar-refractivity contribution in [1.29, 1.82) is 0 Å². The largest absolute Gasteiger partial charge is 0.348 e. The number of piperidine rings is 1. The van der Waals surface area contributed by atoms with Crippen molar-refractivity contribution in [3.8, 4) is 0 Å². The van der Waals surface area contributed by atoms with Crippen LogP contribution >= 0.6 is 11.3 Å². The molecule has 1 aliphatic heterocycles. The van der Waals surface area contributed by atoms with E-state index in [1.165, 1.54) is 4.88 Å². The van der Waals surface area contributed by atoms with E-state index in [9.17, 15) is 4.79 Å². The van der Waals surface area contributed by atoms with Gasteiger partial charge in [-0.25, -0.2) is 4.98 Å². The van der Waals surface area contributed by atoms with E-state index < -0.39 is 0 Å². The number of aromatic nitrogens is 1. The van der Waals surface area contributed by atoms with E-state index in [1.54, 1.807) is 11.3 Å². The number of hydrogen-bond donors (Lipinski definition) is 0. The first-order chi connectivity index (χ1) is 9.15. The number of carbonyl (C=O) groups is 1. The molecule has 0 N–H and O–H groups in total. The van der Waals surface area contributed by atoms with Crippen LogP contribution in [0.15, 0.2) is 6.20 Å². The second kappa shape index (κ2) is 5.12. The van der Waals surface area contributed by atoms with Gasteiger partial charge in [0.2, 0.25) is 5.91 Å². The van der Waals surface area contributed by atoms with Crippen LogP contribution in [-0.2, 0) is 4.79 Å². The van der Waals surface area contributed by atoms with Crippen LogP contribution in [0.25, 0.3) is 0 Å². The predicted molar refractivity (Wildman–Crippen MR) is 77.6 cm³/mol. The fourth-order valence-electron chi connectivity index (χ4n) is 2.73. The molecule has 19 heavy (non-hydrogen) atoms. The maximum atomic E-state index is 12.1. The number of carbonyl (C=O) groups excluding carboxylic acids is 1. The molecule has 0 unspecified atom stereocenters. The Labute approximate surface area is 118 Å². The monoisotopic (exact) mass is 279 g/mol. The van der Waals surface area contributed by atoms with Crippen LogP contribution in [0, 0.1) is 12.8 Å². The molecular weight excluding hydrogens is 258 g/mol. The summed E-state index contributed by atoms with van der Waals surface area (Å²) in [6, 6.07) is 0.422. The van der Waals surface area contributed by atoms with Crippen molar-refractivity contribution in [1.82, 2.24) is 9.88 Å². The highest BCUT2D eigenvalue weighted by Gasteiger charge is 2.35. The Bertz CT molecular complexity index is 461. The molecule has 1 saturated heterocycles. The van der Waals surface area contributed by atoms with Crippen molar-refractivity contribution in [2.75, 3.05) is 25.0 Å². The predicted octanol–water partition coefficient (Wildman–Crippen LogP) is 2.29. The van der Waals surface area contributed by atoms with Crippen LogP contribution in [0.3, 0.4) is 0 Å².